The van der Waals surface area contributed by atoms with E-state index >= 15 is 0 Å². The molecule has 1 fully saturated rings. The number of amides is 2. The maximum atomic E-state index is 14.1. The molecular weight excluding hydrogens is 521 g/mol. The number of rotatable bonds is 7. The van der Waals surface area contributed by atoms with Gasteiger partial charge in [0.2, 0.25) is 5.91 Å². The van der Waals surface area contributed by atoms with E-state index in [1.165, 1.54) is 12.1 Å². The van der Waals surface area contributed by atoms with Gasteiger partial charge in [0, 0.05) is 25.3 Å². The Hall–Kier alpha value is -4.07. The smallest absolute Gasteiger partial charge is 0.410 e. The summed E-state index contributed by atoms with van der Waals surface area (Å²) < 4.78 is 25.4. The van der Waals surface area contributed by atoms with E-state index in [9.17, 15) is 14.0 Å². The van der Waals surface area contributed by atoms with Crippen molar-refractivity contribution < 1.29 is 23.5 Å². The van der Waals surface area contributed by atoms with Crippen molar-refractivity contribution in [1.82, 2.24) is 9.80 Å². The van der Waals surface area contributed by atoms with Crippen molar-refractivity contribution in [3.05, 3.63) is 89.7 Å². The molecule has 1 N–H and O–H groups in total. The average molecular weight is 562 g/mol. The number of carbonyl (C=O) groups is 2. The minimum Gasteiger partial charge on any atom is -0.457 e. The molecule has 2 amide bonds. The van der Waals surface area contributed by atoms with E-state index in [1.807, 2.05) is 90.1 Å². The summed E-state index contributed by atoms with van der Waals surface area (Å²) in [6.45, 7) is 12.7. The molecule has 41 heavy (non-hydrogen) atoms. The summed E-state index contributed by atoms with van der Waals surface area (Å²) in [5, 5.41) is 3.41. The quantitative estimate of drug-likeness (QED) is 0.331. The molecular formula is C33H40FN3O4. The largest absolute Gasteiger partial charge is 0.457 e. The zero-order valence-electron chi connectivity index (χ0n) is 24.7. The van der Waals surface area contributed by atoms with Gasteiger partial charge in [0.05, 0.1) is 6.04 Å². The van der Waals surface area contributed by atoms with Crippen molar-refractivity contribution >= 4 is 17.7 Å². The van der Waals surface area contributed by atoms with Gasteiger partial charge in [0.25, 0.3) is 0 Å². The zero-order chi connectivity index (χ0) is 29.7. The monoisotopic (exact) mass is 561 g/mol. The van der Waals surface area contributed by atoms with Gasteiger partial charge in [-0.05, 0) is 87.2 Å². The van der Waals surface area contributed by atoms with Gasteiger partial charge in [0.15, 0.2) is 0 Å². The molecule has 1 unspecified atom stereocenters. The van der Waals surface area contributed by atoms with E-state index in [2.05, 4.69) is 5.32 Å². The Morgan fingerprint density at radius 1 is 0.951 bits per heavy atom. The number of hydrogen-bond acceptors (Lipinski definition) is 5. The molecule has 3 aromatic carbocycles. The highest BCUT2D eigenvalue weighted by Gasteiger charge is 2.38. The normalized spacial score (nSPS) is 16.3. The summed E-state index contributed by atoms with van der Waals surface area (Å²) in [6, 6.07) is 20.2. The van der Waals surface area contributed by atoms with Gasteiger partial charge in [0.1, 0.15) is 29.0 Å². The van der Waals surface area contributed by atoms with Crippen LogP contribution in [-0.4, -0.2) is 53.1 Å². The Labute approximate surface area is 242 Å². The fourth-order valence-corrected chi connectivity index (χ4v) is 4.90. The van der Waals surface area contributed by atoms with Gasteiger partial charge in [-0.25, -0.2) is 9.18 Å². The van der Waals surface area contributed by atoms with Crippen molar-refractivity contribution in [3.8, 4) is 11.5 Å². The number of para-hydroxylation sites is 1. The molecule has 218 valence electrons. The molecule has 0 radical (unpaired) electrons. The molecule has 1 aliphatic rings. The molecule has 7 nitrogen and oxygen atoms in total. The highest BCUT2D eigenvalue weighted by molar-refractivity contribution is 5.87. The second-order valence-corrected chi connectivity index (χ2v) is 11.8. The zero-order valence-corrected chi connectivity index (χ0v) is 24.7. The van der Waals surface area contributed by atoms with E-state index in [4.69, 9.17) is 9.47 Å². The van der Waals surface area contributed by atoms with Crippen molar-refractivity contribution in [3.63, 3.8) is 0 Å². The van der Waals surface area contributed by atoms with Gasteiger partial charge >= 0.3 is 6.09 Å². The number of piperazine rings is 1. The molecule has 4 rings (SSSR count). The van der Waals surface area contributed by atoms with Crippen LogP contribution in [0.1, 0.15) is 51.8 Å². The minimum atomic E-state index is -0.754. The van der Waals surface area contributed by atoms with E-state index in [0.29, 0.717) is 30.9 Å². The highest BCUT2D eigenvalue weighted by Crippen LogP contribution is 2.30. The van der Waals surface area contributed by atoms with Gasteiger partial charge < -0.3 is 24.6 Å². The lowest BCUT2D eigenvalue weighted by atomic mass is 9.98. The molecule has 1 aliphatic heterocycles. The van der Waals surface area contributed by atoms with Crippen molar-refractivity contribution in [1.29, 1.82) is 0 Å². The fourth-order valence-electron chi connectivity index (χ4n) is 4.90. The van der Waals surface area contributed by atoms with Crippen LogP contribution in [0.3, 0.4) is 0 Å². The predicted molar refractivity (Wildman–Crippen MR) is 159 cm³/mol. The molecule has 8 heteroatoms. The van der Waals surface area contributed by atoms with Gasteiger partial charge in [-0.1, -0.05) is 44.2 Å². The number of nitrogens with zero attached hydrogens (tertiary/aromatic N) is 2. The Balaban J connectivity index is 1.56. The lowest BCUT2D eigenvalue weighted by Gasteiger charge is -2.44. The first-order valence-corrected chi connectivity index (χ1v) is 14.1. The van der Waals surface area contributed by atoms with Crippen LogP contribution in [0.4, 0.5) is 14.9 Å². The standard InChI is InChI=1S/C33H40FN3O4/c1-22(2)29-21-36(18-19-37(29)32(39)41-33(4,5)6)31(38)30(24-12-14-25(34)15-13-24)35-28-17-16-27(20-23(28)3)40-26-10-8-7-9-11-26/h7-17,20,22,29-30,35H,18-19,21H2,1-6H3/t29-,30?/m1/s1. The maximum Gasteiger partial charge on any atom is 0.410 e. The first kappa shape index (κ1) is 29.9. The van der Waals surface area contributed by atoms with Gasteiger partial charge in [-0.3, -0.25) is 4.79 Å². The van der Waals surface area contributed by atoms with Gasteiger partial charge in [-0.2, -0.15) is 0 Å². The Bertz CT molecular complexity index is 1340. The SMILES string of the molecule is Cc1cc(Oc2ccccc2)ccc1NC(C(=O)N1CCN(C(=O)OC(C)(C)C)[C@@H](C(C)C)C1)c1ccc(F)cc1. The number of benzene rings is 3. The fraction of sp³-hybridized carbons (Fsp3) is 0.394. The van der Waals surface area contributed by atoms with Gasteiger partial charge in [-0.15, -0.1) is 0 Å². The molecule has 0 aliphatic carbocycles. The average Bonchev–Trinajstić information content (AvgIpc) is 2.92. The van der Waals surface area contributed by atoms with Crippen LogP contribution < -0.4 is 10.1 Å². The van der Waals surface area contributed by atoms with Crippen LogP contribution in [0.5, 0.6) is 11.5 Å². The summed E-state index contributed by atoms with van der Waals surface area (Å²) in [5.41, 5.74) is 1.70. The van der Waals surface area contributed by atoms with E-state index in [1.54, 1.807) is 21.9 Å². The summed E-state index contributed by atoms with van der Waals surface area (Å²) in [4.78, 5) is 30.6. The number of hydrogen-bond donors (Lipinski definition) is 1. The molecule has 1 heterocycles. The summed E-state index contributed by atoms with van der Waals surface area (Å²) >= 11 is 0. The van der Waals surface area contributed by atoms with Crippen LogP contribution in [0.2, 0.25) is 0 Å². The van der Waals surface area contributed by atoms with E-state index in [0.717, 1.165) is 17.0 Å². The minimum absolute atomic E-state index is 0.106. The van der Waals surface area contributed by atoms with Crippen LogP contribution in [0, 0.1) is 18.7 Å². The lowest BCUT2D eigenvalue weighted by molar-refractivity contribution is -0.135. The molecule has 0 bridgehead atoms. The number of aryl methyl sites for hydroxylation is 1. The molecule has 0 aromatic heterocycles. The number of ether oxygens (including phenoxy) is 2. The first-order chi connectivity index (χ1) is 19.4. The van der Waals surface area contributed by atoms with Crippen LogP contribution in [0.15, 0.2) is 72.8 Å². The predicted octanol–water partition coefficient (Wildman–Crippen LogP) is 7.18. The molecule has 2 atom stereocenters. The Kier molecular flexibility index (Phi) is 9.21. The van der Waals surface area contributed by atoms with Crippen molar-refractivity contribution in [2.75, 3.05) is 25.0 Å². The molecule has 0 spiro atoms. The maximum absolute atomic E-state index is 14.1. The number of anilines is 1. The Morgan fingerprint density at radius 3 is 2.24 bits per heavy atom. The van der Waals surface area contributed by atoms with E-state index < -0.39 is 11.6 Å². The van der Waals surface area contributed by atoms with E-state index in [-0.39, 0.29) is 29.8 Å². The number of halogens is 1. The first-order valence-electron chi connectivity index (χ1n) is 14.1. The van der Waals surface area contributed by atoms with Crippen LogP contribution in [-0.2, 0) is 9.53 Å². The summed E-state index contributed by atoms with van der Waals surface area (Å²) in [5.74, 6) is 1.01. The molecule has 1 saturated heterocycles. The Morgan fingerprint density at radius 2 is 1.63 bits per heavy atom. The van der Waals surface area contributed by atoms with Crippen LogP contribution >= 0.6 is 0 Å². The lowest BCUT2D eigenvalue weighted by Crippen LogP contribution is -2.59. The van der Waals surface area contributed by atoms with Crippen molar-refractivity contribution in [2.45, 2.75) is 59.2 Å². The number of nitrogens with one attached hydrogen (secondary N) is 1. The summed E-state index contributed by atoms with van der Waals surface area (Å²) in [7, 11) is 0. The molecule has 0 saturated carbocycles. The highest BCUT2D eigenvalue weighted by atomic mass is 19.1. The second kappa shape index (κ2) is 12.6. The summed E-state index contributed by atoms with van der Waals surface area (Å²) in [6.07, 6.45) is -0.370. The van der Waals surface area contributed by atoms with Crippen LogP contribution in [0.25, 0.3) is 0 Å². The third-order valence-electron chi connectivity index (χ3n) is 7.05. The topological polar surface area (TPSA) is 71.1 Å². The molecule has 3 aromatic rings. The second-order valence-electron chi connectivity index (χ2n) is 11.8. The number of carbonyl (C=O) groups excluding carboxylic acids is 2. The third-order valence-corrected chi connectivity index (χ3v) is 7.05. The third kappa shape index (κ3) is 7.78. The van der Waals surface area contributed by atoms with Crippen molar-refractivity contribution in [2.24, 2.45) is 5.92 Å².